The fourth-order valence-electron chi connectivity index (χ4n) is 2.18. The van der Waals surface area contributed by atoms with Crippen LogP contribution in [0, 0.1) is 6.92 Å². The maximum Gasteiger partial charge on any atom is 0.230 e. The number of amides is 1. The number of hydrogen-bond acceptors (Lipinski definition) is 3. The molecule has 1 aromatic rings. The third-order valence-electron chi connectivity index (χ3n) is 3.51. The lowest BCUT2D eigenvalue weighted by molar-refractivity contribution is -0.122. The van der Waals surface area contributed by atoms with Crippen molar-refractivity contribution in [2.75, 3.05) is 12.4 Å². The lowest BCUT2D eigenvalue weighted by Gasteiger charge is -2.40. The summed E-state index contributed by atoms with van der Waals surface area (Å²) in [7, 11) is 0. The molecule has 0 unspecified atom stereocenters. The quantitative estimate of drug-likeness (QED) is 0.808. The highest BCUT2D eigenvalue weighted by atomic mass is 79.9. The number of aryl methyl sites for hydroxylation is 1. The van der Waals surface area contributed by atoms with E-state index in [9.17, 15) is 9.90 Å². The van der Waals surface area contributed by atoms with Gasteiger partial charge in [0.15, 0.2) is 0 Å². The zero-order chi connectivity index (χ0) is 13.9. The SMILES string of the molecule is Cc1cc(Br)ccc1SCC(=O)NC1(CO)CCC1. The third-order valence-corrected chi connectivity index (χ3v) is 5.18. The Morgan fingerprint density at radius 3 is 2.79 bits per heavy atom. The number of aliphatic hydroxyl groups is 1. The van der Waals surface area contributed by atoms with E-state index >= 15 is 0 Å². The van der Waals surface area contributed by atoms with E-state index in [1.165, 1.54) is 11.8 Å². The molecule has 1 aliphatic rings. The molecular weight excluding hydrogens is 326 g/mol. The van der Waals surface area contributed by atoms with Gasteiger partial charge in [-0.2, -0.15) is 0 Å². The lowest BCUT2D eigenvalue weighted by atomic mass is 9.77. The molecule has 1 aliphatic carbocycles. The summed E-state index contributed by atoms with van der Waals surface area (Å²) in [6, 6.07) is 6.04. The predicted octanol–water partition coefficient (Wildman–Crippen LogP) is 2.88. The molecule has 0 saturated heterocycles. The van der Waals surface area contributed by atoms with Crippen LogP contribution in [0.5, 0.6) is 0 Å². The zero-order valence-electron chi connectivity index (χ0n) is 10.9. The van der Waals surface area contributed by atoms with Gasteiger partial charge in [0, 0.05) is 9.37 Å². The first-order valence-corrected chi connectivity index (χ1v) is 8.13. The van der Waals surface area contributed by atoms with Gasteiger partial charge in [0.2, 0.25) is 5.91 Å². The fraction of sp³-hybridized carbons (Fsp3) is 0.500. The molecule has 104 valence electrons. The molecule has 1 amide bonds. The van der Waals surface area contributed by atoms with Crippen molar-refractivity contribution in [3.63, 3.8) is 0 Å². The van der Waals surface area contributed by atoms with Gasteiger partial charge in [-0.05, 0) is 49.9 Å². The maximum atomic E-state index is 11.9. The Balaban J connectivity index is 1.86. The molecule has 3 nitrogen and oxygen atoms in total. The van der Waals surface area contributed by atoms with E-state index in [4.69, 9.17) is 0 Å². The maximum absolute atomic E-state index is 11.9. The Morgan fingerprint density at radius 2 is 2.26 bits per heavy atom. The predicted molar refractivity (Wildman–Crippen MR) is 81.4 cm³/mol. The van der Waals surface area contributed by atoms with Crippen LogP contribution in [0.3, 0.4) is 0 Å². The first-order valence-electron chi connectivity index (χ1n) is 6.35. The van der Waals surface area contributed by atoms with Crippen LogP contribution in [0.1, 0.15) is 24.8 Å². The molecule has 19 heavy (non-hydrogen) atoms. The van der Waals surface area contributed by atoms with Crippen molar-refractivity contribution in [2.24, 2.45) is 0 Å². The lowest BCUT2D eigenvalue weighted by Crippen LogP contribution is -2.56. The second-order valence-corrected chi connectivity index (χ2v) is 6.97. The van der Waals surface area contributed by atoms with Crippen LogP contribution >= 0.6 is 27.7 Å². The number of rotatable bonds is 5. The Bertz CT molecular complexity index is 469. The van der Waals surface area contributed by atoms with Crippen molar-refractivity contribution >= 4 is 33.6 Å². The smallest absolute Gasteiger partial charge is 0.230 e. The van der Waals surface area contributed by atoms with E-state index in [2.05, 4.69) is 21.2 Å². The van der Waals surface area contributed by atoms with E-state index in [-0.39, 0.29) is 18.1 Å². The Labute approximate surface area is 126 Å². The summed E-state index contributed by atoms with van der Waals surface area (Å²) in [6.45, 7) is 2.08. The van der Waals surface area contributed by atoms with Crippen LogP contribution in [0.4, 0.5) is 0 Å². The first kappa shape index (κ1) is 14.9. The van der Waals surface area contributed by atoms with Gasteiger partial charge < -0.3 is 10.4 Å². The van der Waals surface area contributed by atoms with E-state index in [1.807, 2.05) is 25.1 Å². The Kier molecular flexibility index (Phi) is 4.92. The van der Waals surface area contributed by atoms with Crippen molar-refractivity contribution in [1.29, 1.82) is 0 Å². The largest absolute Gasteiger partial charge is 0.394 e. The number of hydrogen-bond donors (Lipinski definition) is 2. The minimum atomic E-state index is -0.341. The molecule has 0 spiro atoms. The summed E-state index contributed by atoms with van der Waals surface area (Å²) in [5.74, 6) is 0.394. The van der Waals surface area contributed by atoms with Crippen LogP contribution in [0.15, 0.2) is 27.6 Å². The minimum absolute atomic E-state index is 0.000990. The molecule has 0 heterocycles. The van der Waals surface area contributed by atoms with Gasteiger partial charge in [-0.3, -0.25) is 4.79 Å². The molecule has 0 atom stereocenters. The number of benzene rings is 1. The summed E-state index contributed by atoms with van der Waals surface area (Å²) in [5.41, 5.74) is 0.819. The van der Waals surface area contributed by atoms with E-state index in [0.717, 1.165) is 34.2 Å². The number of carbonyl (C=O) groups excluding carboxylic acids is 1. The number of carbonyl (C=O) groups is 1. The van der Waals surface area contributed by atoms with Crippen molar-refractivity contribution in [3.05, 3.63) is 28.2 Å². The molecule has 0 aliphatic heterocycles. The minimum Gasteiger partial charge on any atom is -0.394 e. The standard InChI is InChI=1S/C14H18BrNO2S/c1-10-7-11(15)3-4-12(10)19-8-13(18)16-14(9-17)5-2-6-14/h3-4,7,17H,2,5-6,8-9H2,1H3,(H,16,18). The summed E-state index contributed by atoms with van der Waals surface area (Å²) >= 11 is 4.96. The summed E-state index contributed by atoms with van der Waals surface area (Å²) < 4.78 is 1.05. The van der Waals surface area contributed by atoms with Crippen LogP contribution < -0.4 is 5.32 Å². The highest BCUT2D eigenvalue weighted by Crippen LogP contribution is 2.31. The second kappa shape index (κ2) is 6.29. The monoisotopic (exact) mass is 343 g/mol. The van der Waals surface area contributed by atoms with Gasteiger partial charge in [0.1, 0.15) is 0 Å². The molecular formula is C14H18BrNO2S. The number of aliphatic hydroxyl groups excluding tert-OH is 1. The van der Waals surface area contributed by atoms with Gasteiger partial charge >= 0.3 is 0 Å². The third kappa shape index (κ3) is 3.74. The Hall–Kier alpha value is -0.520. The summed E-state index contributed by atoms with van der Waals surface area (Å²) in [6.07, 6.45) is 2.86. The van der Waals surface area contributed by atoms with E-state index < -0.39 is 0 Å². The molecule has 0 radical (unpaired) electrons. The van der Waals surface area contributed by atoms with Crippen LogP contribution in [0.2, 0.25) is 0 Å². The van der Waals surface area contributed by atoms with Crippen LogP contribution in [-0.4, -0.2) is 28.9 Å². The van der Waals surface area contributed by atoms with Crippen molar-refractivity contribution in [2.45, 2.75) is 36.6 Å². The molecule has 0 aromatic heterocycles. The molecule has 2 rings (SSSR count). The van der Waals surface area contributed by atoms with Gasteiger partial charge in [0.25, 0.3) is 0 Å². The average molecular weight is 344 g/mol. The van der Waals surface area contributed by atoms with Gasteiger partial charge in [-0.25, -0.2) is 0 Å². The molecule has 0 bridgehead atoms. The van der Waals surface area contributed by atoms with Gasteiger partial charge in [-0.1, -0.05) is 15.9 Å². The normalized spacial score (nSPS) is 16.8. The van der Waals surface area contributed by atoms with Gasteiger partial charge in [0.05, 0.1) is 17.9 Å². The molecule has 1 saturated carbocycles. The number of nitrogens with one attached hydrogen (secondary N) is 1. The van der Waals surface area contributed by atoms with Crippen molar-refractivity contribution < 1.29 is 9.90 Å². The number of thioether (sulfide) groups is 1. The molecule has 1 fully saturated rings. The fourth-order valence-corrected chi connectivity index (χ4v) is 3.46. The van der Waals surface area contributed by atoms with E-state index in [1.54, 1.807) is 0 Å². The Morgan fingerprint density at radius 1 is 1.53 bits per heavy atom. The number of halogens is 1. The van der Waals surface area contributed by atoms with Crippen LogP contribution in [-0.2, 0) is 4.79 Å². The second-order valence-electron chi connectivity index (χ2n) is 5.04. The zero-order valence-corrected chi connectivity index (χ0v) is 13.3. The molecule has 5 heteroatoms. The first-order chi connectivity index (χ1) is 9.04. The van der Waals surface area contributed by atoms with Crippen molar-refractivity contribution in [1.82, 2.24) is 5.32 Å². The van der Waals surface area contributed by atoms with Crippen LogP contribution in [0.25, 0.3) is 0 Å². The van der Waals surface area contributed by atoms with E-state index in [0.29, 0.717) is 5.75 Å². The average Bonchev–Trinajstić information content (AvgIpc) is 2.33. The highest BCUT2D eigenvalue weighted by Gasteiger charge is 2.37. The summed E-state index contributed by atoms with van der Waals surface area (Å²) in [5, 5.41) is 12.3. The molecule has 1 aromatic carbocycles. The highest BCUT2D eigenvalue weighted by molar-refractivity contribution is 9.10. The summed E-state index contributed by atoms with van der Waals surface area (Å²) in [4.78, 5) is 13.0. The van der Waals surface area contributed by atoms with Crippen molar-refractivity contribution in [3.8, 4) is 0 Å². The topological polar surface area (TPSA) is 49.3 Å². The van der Waals surface area contributed by atoms with Gasteiger partial charge in [-0.15, -0.1) is 11.8 Å². The molecule has 2 N–H and O–H groups in total.